The summed E-state index contributed by atoms with van der Waals surface area (Å²) >= 11 is 0. The second-order valence-corrected chi connectivity index (χ2v) is 4.38. The van der Waals surface area contributed by atoms with Gasteiger partial charge in [-0.05, 0) is 12.1 Å². The second-order valence-electron chi connectivity index (χ2n) is 4.38. The maximum absolute atomic E-state index is 12.0. The SMILES string of the molecule is O=C(C1CNc2ccccc2O1)N1CC(O)C1. The van der Waals surface area contributed by atoms with Gasteiger partial charge in [-0.3, -0.25) is 4.79 Å². The molecule has 2 aliphatic rings. The minimum Gasteiger partial charge on any atom is -0.477 e. The average Bonchev–Trinajstić information content (AvgIpc) is 2.33. The van der Waals surface area contributed by atoms with E-state index in [1.807, 2.05) is 24.3 Å². The molecule has 0 spiro atoms. The van der Waals surface area contributed by atoms with Gasteiger partial charge in [-0.2, -0.15) is 0 Å². The maximum Gasteiger partial charge on any atom is 0.265 e. The molecule has 5 nitrogen and oxygen atoms in total. The second kappa shape index (κ2) is 3.92. The topological polar surface area (TPSA) is 61.8 Å². The van der Waals surface area contributed by atoms with Crippen molar-refractivity contribution in [3.8, 4) is 5.75 Å². The summed E-state index contributed by atoms with van der Waals surface area (Å²) in [5.74, 6) is 0.649. The van der Waals surface area contributed by atoms with Crippen molar-refractivity contribution in [2.75, 3.05) is 25.0 Å². The molecule has 1 amide bonds. The lowest BCUT2D eigenvalue weighted by Gasteiger charge is -2.39. The number of carbonyl (C=O) groups excluding carboxylic acids is 1. The van der Waals surface area contributed by atoms with E-state index in [-0.39, 0.29) is 12.0 Å². The van der Waals surface area contributed by atoms with Gasteiger partial charge in [-0.1, -0.05) is 12.1 Å². The highest BCUT2D eigenvalue weighted by Crippen LogP contribution is 2.29. The van der Waals surface area contributed by atoms with E-state index in [1.165, 1.54) is 0 Å². The fourth-order valence-electron chi connectivity index (χ4n) is 2.09. The predicted molar refractivity (Wildman–Crippen MR) is 61.9 cm³/mol. The summed E-state index contributed by atoms with van der Waals surface area (Å²) < 4.78 is 5.65. The third-order valence-electron chi connectivity index (χ3n) is 3.08. The summed E-state index contributed by atoms with van der Waals surface area (Å²) in [4.78, 5) is 13.6. The highest BCUT2D eigenvalue weighted by molar-refractivity contribution is 5.84. The molecule has 17 heavy (non-hydrogen) atoms. The molecule has 3 rings (SSSR count). The molecule has 1 aromatic rings. The number of likely N-dealkylation sites (tertiary alicyclic amines) is 1. The maximum atomic E-state index is 12.0. The van der Waals surface area contributed by atoms with Crippen LogP contribution < -0.4 is 10.1 Å². The molecule has 5 heteroatoms. The number of nitrogens with zero attached hydrogens (tertiary/aromatic N) is 1. The molecule has 1 unspecified atom stereocenters. The third kappa shape index (κ3) is 1.82. The Morgan fingerprint density at radius 2 is 2.18 bits per heavy atom. The zero-order chi connectivity index (χ0) is 11.8. The Hall–Kier alpha value is -1.75. The lowest BCUT2D eigenvalue weighted by atomic mass is 10.1. The van der Waals surface area contributed by atoms with Crippen LogP contribution in [0.4, 0.5) is 5.69 Å². The van der Waals surface area contributed by atoms with Gasteiger partial charge < -0.3 is 20.1 Å². The quantitative estimate of drug-likeness (QED) is 0.721. The number of aliphatic hydroxyl groups is 1. The van der Waals surface area contributed by atoms with Gasteiger partial charge >= 0.3 is 0 Å². The van der Waals surface area contributed by atoms with Gasteiger partial charge in [0.05, 0.1) is 18.3 Å². The summed E-state index contributed by atoms with van der Waals surface area (Å²) in [6, 6.07) is 7.56. The van der Waals surface area contributed by atoms with Crippen LogP contribution in [0.15, 0.2) is 24.3 Å². The number of aliphatic hydroxyl groups excluding tert-OH is 1. The zero-order valence-corrected chi connectivity index (χ0v) is 9.30. The van der Waals surface area contributed by atoms with Crippen LogP contribution in [0.1, 0.15) is 0 Å². The number of fused-ring (bicyclic) bond motifs is 1. The normalized spacial score (nSPS) is 23.1. The molecule has 1 aromatic carbocycles. The molecule has 90 valence electrons. The number of benzene rings is 1. The van der Waals surface area contributed by atoms with E-state index >= 15 is 0 Å². The van der Waals surface area contributed by atoms with Crippen LogP contribution in [0.25, 0.3) is 0 Å². The van der Waals surface area contributed by atoms with E-state index < -0.39 is 6.10 Å². The van der Waals surface area contributed by atoms with E-state index in [4.69, 9.17) is 4.74 Å². The van der Waals surface area contributed by atoms with Crippen LogP contribution in [0.2, 0.25) is 0 Å². The minimum atomic E-state index is -0.489. The number of anilines is 1. The number of nitrogens with one attached hydrogen (secondary N) is 1. The predicted octanol–water partition coefficient (Wildman–Crippen LogP) is 0.0626. The first-order chi connectivity index (χ1) is 8.24. The Morgan fingerprint density at radius 1 is 1.41 bits per heavy atom. The van der Waals surface area contributed by atoms with Gasteiger partial charge in [0.2, 0.25) is 0 Å². The molecule has 0 radical (unpaired) electrons. The van der Waals surface area contributed by atoms with Crippen molar-refractivity contribution in [1.29, 1.82) is 0 Å². The molecular weight excluding hydrogens is 220 g/mol. The number of hydrogen-bond acceptors (Lipinski definition) is 4. The van der Waals surface area contributed by atoms with Crippen LogP contribution >= 0.6 is 0 Å². The van der Waals surface area contributed by atoms with Gasteiger partial charge in [0.1, 0.15) is 5.75 Å². The van der Waals surface area contributed by atoms with Gasteiger partial charge in [-0.25, -0.2) is 0 Å². The van der Waals surface area contributed by atoms with E-state index in [0.29, 0.717) is 25.4 Å². The third-order valence-corrected chi connectivity index (χ3v) is 3.08. The Kier molecular flexibility index (Phi) is 2.40. The lowest BCUT2D eigenvalue weighted by molar-refractivity contribution is -0.148. The van der Waals surface area contributed by atoms with Crippen molar-refractivity contribution < 1.29 is 14.6 Å². The molecule has 2 aliphatic heterocycles. The monoisotopic (exact) mass is 234 g/mol. The smallest absolute Gasteiger partial charge is 0.265 e. The van der Waals surface area contributed by atoms with Crippen molar-refractivity contribution in [2.45, 2.75) is 12.2 Å². The number of ether oxygens (including phenoxy) is 1. The summed E-state index contributed by atoms with van der Waals surface area (Å²) in [6.07, 6.45) is -0.861. The van der Waals surface area contributed by atoms with E-state index in [2.05, 4.69) is 5.32 Å². The Bertz CT molecular complexity index is 443. The molecule has 2 heterocycles. The number of β-amino-alcohol motifs (C(OH)–C–C–N with tert-alkyl or cyclic N) is 1. The summed E-state index contributed by atoms with van der Waals surface area (Å²) in [6.45, 7) is 1.31. The number of amides is 1. The molecule has 1 saturated heterocycles. The standard InChI is InChI=1S/C12H14N2O3/c15-8-6-14(7-8)12(16)11-5-13-9-3-1-2-4-10(9)17-11/h1-4,8,11,13,15H,5-7H2. The minimum absolute atomic E-state index is 0.0581. The molecule has 1 atom stereocenters. The first-order valence-corrected chi connectivity index (χ1v) is 5.70. The first-order valence-electron chi connectivity index (χ1n) is 5.70. The Labute approximate surface area is 99.0 Å². The van der Waals surface area contributed by atoms with Crippen molar-refractivity contribution >= 4 is 11.6 Å². The van der Waals surface area contributed by atoms with Gasteiger partial charge in [0.15, 0.2) is 6.10 Å². The molecule has 0 aliphatic carbocycles. The first kappa shape index (κ1) is 10.4. The molecule has 2 N–H and O–H groups in total. The molecule has 0 aromatic heterocycles. The fraction of sp³-hybridized carbons (Fsp3) is 0.417. The van der Waals surface area contributed by atoms with Crippen LogP contribution in [0.5, 0.6) is 5.75 Å². The van der Waals surface area contributed by atoms with Gasteiger partial charge in [-0.15, -0.1) is 0 Å². The number of para-hydroxylation sites is 2. The van der Waals surface area contributed by atoms with Crippen molar-refractivity contribution in [2.24, 2.45) is 0 Å². The van der Waals surface area contributed by atoms with Gasteiger partial charge in [0.25, 0.3) is 5.91 Å². The lowest BCUT2D eigenvalue weighted by Crippen LogP contribution is -2.58. The van der Waals surface area contributed by atoms with Crippen LogP contribution in [-0.2, 0) is 4.79 Å². The van der Waals surface area contributed by atoms with Crippen molar-refractivity contribution in [1.82, 2.24) is 4.90 Å². The molecule has 0 bridgehead atoms. The summed E-state index contributed by atoms with van der Waals surface area (Å²) in [5.41, 5.74) is 0.917. The zero-order valence-electron chi connectivity index (χ0n) is 9.30. The summed E-state index contributed by atoms with van der Waals surface area (Å²) in [5, 5.41) is 12.3. The van der Waals surface area contributed by atoms with Crippen LogP contribution in [-0.4, -0.2) is 47.8 Å². The number of hydrogen-bond donors (Lipinski definition) is 2. The summed E-state index contributed by atoms with van der Waals surface area (Å²) in [7, 11) is 0. The van der Waals surface area contributed by atoms with Crippen LogP contribution in [0, 0.1) is 0 Å². The number of rotatable bonds is 1. The van der Waals surface area contributed by atoms with Gasteiger partial charge in [0, 0.05) is 13.1 Å². The number of carbonyl (C=O) groups is 1. The highest BCUT2D eigenvalue weighted by atomic mass is 16.5. The fourth-order valence-corrected chi connectivity index (χ4v) is 2.09. The largest absolute Gasteiger partial charge is 0.477 e. The van der Waals surface area contributed by atoms with Crippen molar-refractivity contribution in [3.63, 3.8) is 0 Å². The Balaban J connectivity index is 1.69. The van der Waals surface area contributed by atoms with E-state index in [1.54, 1.807) is 4.90 Å². The van der Waals surface area contributed by atoms with Crippen LogP contribution in [0.3, 0.4) is 0 Å². The van der Waals surface area contributed by atoms with E-state index in [9.17, 15) is 9.90 Å². The average molecular weight is 234 g/mol. The molecule has 0 saturated carbocycles. The molecule has 1 fully saturated rings. The molecular formula is C12H14N2O3. The van der Waals surface area contributed by atoms with Crippen molar-refractivity contribution in [3.05, 3.63) is 24.3 Å². The highest BCUT2D eigenvalue weighted by Gasteiger charge is 2.35. The van der Waals surface area contributed by atoms with E-state index in [0.717, 1.165) is 5.69 Å². The Morgan fingerprint density at radius 3 is 2.94 bits per heavy atom.